The largest absolute Gasteiger partial charge is 0.481 e. The first-order valence-corrected chi connectivity index (χ1v) is 4.46. The Morgan fingerprint density at radius 2 is 2.00 bits per heavy atom. The first-order chi connectivity index (χ1) is 7.27. The average molecular weight is 199 g/mol. The number of ether oxygens (including phenoxy) is 1. The van der Waals surface area contributed by atoms with Gasteiger partial charge in [0.2, 0.25) is 0 Å². The molecule has 15 heavy (non-hydrogen) atoms. The Hall–Kier alpha value is -2.21. The van der Waals surface area contributed by atoms with E-state index < -0.39 is 0 Å². The monoisotopic (exact) mass is 199 g/mol. The lowest BCUT2D eigenvalue weighted by Crippen LogP contribution is -1.89. The molecule has 3 nitrogen and oxygen atoms in total. The van der Waals surface area contributed by atoms with Crippen LogP contribution < -0.4 is 0 Å². The molecule has 0 bridgehead atoms. The maximum Gasteiger partial charge on any atom is 0.284 e. The highest BCUT2D eigenvalue weighted by Crippen LogP contribution is 2.35. The maximum atomic E-state index is 9.52. The van der Waals surface area contributed by atoms with E-state index in [1.54, 1.807) is 6.08 Å². The van der Waals surface area contributed by atoms with Crippen LogP contribution >= 0.6 is 0 Å². The van der Waals surface area contributed by atoms with Crippen molar-refractivity contribution in [2.24, 2.45) is 0 Å². The molecule has 0 heterocycles. The molecule has 1 aromatic carbocycles. The quantitative estimate of drug-likeness (QED) is 0.707. The van der Waals surface area contributed by atoms with Crippen molar-refractivity contribution in [3.05, 3.63) is 47.4 Å². The number of fused-ring (bicyclic) bond motifs is 1. The highest BCUT2D eigenvalue weighted by Gasteiger charge is 2.21. The zero-order valence-corrected chi connectivity index (χ0v) is 8.19. The van der Waals surface area contributed by atoms with Crippen molar-refractivity contribution in [1.29, 1.82) is 5.26 Å². The number of aliphatic hydroxyl groups excluding tert-OH is 1. The van der Waals surface area contributed by atoms with Crippen molar-refractivity contribution < 1.29 is 9.84 Å². The van der Waals surface area contributed by atoms with E-state index in [0.29, 0.717) is 11.1 Å². The minimum atomic E-state index is -0.160. The number of nitrogens with zero attached hydrogens (tertiary/aromatic N) is 1. The number of methoxy groups -OCH3 is 1. The fourth-order valence-electron chi connectivity index (χ4n) is 1.63. The first kappa shape index (κ1) is 9.35. The Morgan fingerprint density at radius 3 is 2.60 bits per heavy atom. The number of hydrogen-bond acceptors (Lipinski definition) is 3. The Bertz CT molecular complexity index is 507. The van der Waals surface area contributed by atoms with Crippen molar-refractivity contribution in [3.8, 4) is 6.07 Å². The summed E-state index contributed by atoms with van der Waals surface area (Å²) in [6.45, 7) is 0. The molecule has 0 aromatic heterocycles. The highest BCUT2D eigenvalue weighted by atomic mass is 16.6. The highest BCUT2D eigenvalue weighted by molar-refractivity contribution is 6.00. The molecule has 0 amide bonds. The van der Waals surface area contributed by atoms with Crippen molar-refractivity contribution in [3.63, 3.8) is 0 Å². The van der Waals surface area contributed by atoms with Gasteiger partial charge in [0.15, 0.2) is 0 Å². The van der Waals surface area contributed by atoms with Gasteiger partial charge in [-0.2, -0.15) is 5.26 Å². The Balaban J connectivity index is 2.68. The molecule has 0 spiro atoms. The van der Waals surface area contributed by atoms with Gasteiger partial charge < -0.3 is 9.84 Å². The predicted octanol–water partition coefficient (Wildman–Crippen LogP) is 2.48. The van der Waals surface area contributed by atoms with Gasteiger partial charge in [-0.25, -0.2) is 0 Å². The van der Waals surface area contributed by atoms with Gasteiger partial charge in [0, 0.05) is 5.56 Å². The SMILES string of the molecule is CO/C(O)=C1/C=C(C#N)c2ccccc21. The summed E-state index contributed by atoms with van der Waals surface area (Å²) in [6, 6.07) is 9.50. The van der Waals surface area contributed by atoms with E-state index in [1.807, 2.05) is 24.3 Å². The number of aliphatic hydroxyl groups is 1. The van der Waals surface area contributed by atoms with Crippen LogP contribution in [-0.2, 0) is 4.74 Å². The van der Waals surface area contributed by atoms with Gasteiger partial charge in [-0.05, 0) is 11.6 Å². The topological polar surface area (TPSA) is 53.2 Å². The lowest BCUT2D eigenvalue weighted by molar-refractivity contribution is 0.139. The number of rotatable bonds is 1. The van der Waals surface area contributed by atoms with Gasteiger partial charge in [-0.3, -0.25) is 0 Å². The van der Waals surface area contributed by atoms with E-state index in [4.69, 9.17) is 10.00 Å². The van der Waals surface area contributed by atoms with E-state index in [9.17, 15) is 5.11 Å². The number of nitriles is 1. The molecule has 74 valence electrons. The van der Waals surface area contributed by atoms with Crippen LogP contribution in [-0.4, -0.2) is 12.2 Å². The minimum Gasteiger partial charge on any atom is -0.481 e. The number of hydrogen-bond donors (Lipinski definition) is 1. The summed E-state index contributed by atoms with van der Waals surface area (Å²) in [5, 5.41) is 18.4. The van der Waals surface area contributed by atoms with Gasteiger partial charge in [0.25, 0.3) is 5.95 Å². The fraction of sp³-hybridized carbons (Fsp3) is 0.0833. The summed E-state index contributed by atoms with van der Waals surface area (Å²) in [7, 11) is 1.39. The lowest BCUT2D eigenvalue weighted by Gasteiger charge is -2.03. The molecule has 3 heteroatoms. The third-order valence-electron chi connectivity index (χ3n) is 2.34. The fourth-order valence-corrected chi connectivity index (χ4v) is 1.63. The van der Waals surface area contributed by atoms with Gasteiger partial charge in [0.1, 0.15) is 0 Å². The molecule has 0 atom stereocenters. The van der Waals surface area contributed by atoms with Crippen molar-refractivity contribution in [2.75, 3.05) is 7.11 Å². The van der Waals surface area contributed by atoms with Gasteiger partial charge in [-0.15, -0.1) is 0 Å². The second-order valence-electron chi connectivity index (χ2n) is 3.14. The summed E-state index contributed by atoms with van der Waals surface area (Å²) >= 11 is 0. The summed E-state index contributed by atoms with van der Waals surface area (Å²) in [6.07, 6.45) is 1.63. The summed E-state index contributed by atoms with van der Waals surface area (Å²) in [5.41, 5.74) is 2.76. The normalized spacial score (nSPS) is 16.4. The van der Waals surface area contributed by atoms with Gasteiger partial charge in [0.05, 0.1) is 24.3 Å². The second-order valence-corrected chi connectivity index (χ2v) is 3.14. The predicted molar refractivity (Wildman–Crippen MR) is 56.6 cm³/mol. The Morgan fingerprint density at radius 1 is 1.33 bits per heavy atom. The summed E-state index contributed by atoms with van der Waals surface area (Å²) in [5.74, 6) is -0.160. The molecule has 0 aliphatic heterocycles. The van der Waals surface area contributed by atoms with Crippen LogP contribution in [0.3, 0.4) is 0 Å². The van der Waals surface area contributed by atoms with Crippen LogP contribution in [0.4, 0.5) is 0 Å². The van der Waals surface area contributed by atoms with E-state index in [1.165, 1.54) is 7.11 Å². The average Bonchev–Trinajstić information content (AvgIpc) is 2.67. The number of allylic oxidation sites excluding steroid dienone is 3. The summed E-state index contributed by atoms with van der Waals surface area (Å²) in [4.78, 5) is 0. The standard InChI is InChI=1S/C12H9NO2/c1-15-12(14)11-6-8(7-13)9-4-2-3-5-10(9)11/h2-6,14H,1H3/b12-11-. The third-order valence-corrected chi connectivity index (χ3v) is 2.34. The molecular formula is C12H9NO2. The molecule has 0 radical (unpaired) electrons. The second kappa shape index (κ2) is 3.50. The van der Waals surface area contributed by atoms with Crippen LogP contribution in [0.25, 0.3) is 11.1 Å². The van der Waals surface area contributed by atoms with Crippen LogP contribution in [0.1, 0.15) is 11.1 Å². The van der Waals surface area contributed by atoms with E-state index in [-0.39, 0.29) is 5.95 Å². The van der Waals surface area contributed by atoms with Crippen LogP contribution in [0.2, 0.25) is 0 Å². The maximum absolute atomic E-state index is 9.52. The molecule has 1 N–H and O–H groups in total. The molecule has 0 saturated carbocycles. The van der Waals surface area contributed by atoms with E-state index >= 15 is 0 Å². The van der Waals surface area contributed by atoms with Crippen molar-refractivity contribution >= 4 is 11.1 Å². The molecular weight excluding hydrogens is 190 g/mol. The minimum absolute atomic E-state index is 0.160. The van der Waals surface area contributed by atoms with Crippen LogP contribution in [0.5, 0.6) is 0 Å². The molecule has 1 aliphatic rings. The van der Waals surface area contributed by atoms with Crippen molar-refractivity contribution in [1.82, 2.24) is 0 Å². The Labute approximate surface area is 87.5 Å². The molecule has 0 saturated heterocycles. The van der Waals surface area contributed by atoms with E-state index in [2.05, 4.69) is 6.07 Å². The van der Waals surface area contributed by atoms with Crippen LogP contribution in [0, 0.1) is 11.3 Å². The van der Waals surface area contributed by atoms with Crippen LogP contribution in [0.15, 0.2) is 36.3 Å². The molecule has 1 aromatic rings. The third kappa shape index (κ3) is 1.36. The van der Waals surface area contributed by atoms with Gasteiger partial charge >= 0.3 is 0 Å². The summed E-state index contributed by atoms with van der Waals surface area (Å²) < 4.78 is 4.76. The molecule has 0 unspecified atom stereocenters. The molecule has 0 fully saturated rings. The van der Waals surface area contributed by atoms with Gasteiger partial charge in [-0.1, -0.05) is 24.3 Å². The zero-order chi connectivity index (χ0) is 10.8. The smallest absolute Gasteiger partial charge is 0.284 e. The molecule has 1 aliphatic carbocycles. The zero-order valence-electron chi connectivity index (χ0n) is 8.19. The number of benzene rings is 1. The Kier molecular flexibility index (Phi) is 2.18. The van der Waals surface area contributed by atoms with Crippen molar-refractivity contribution in [2.45, 2.75) is 0 Å². The lowest BCUT2D eigenvalue weighted by atomic mass is 10.1. The molecule has 2 rings (SSSR count). The van der Waals surface area contributed by atoms with E-state index in [0.717, 1.165) is 11.1 Å². The first-order valence-electron chi connectivity index (χ1n) is 4.46.